The third-order valence-electron chi connectivity index (χ3n) is 5.82. The first kappa shape index (κ1) is 30.1. The van der Waals surface area contributed by atoms with Crippen molar-refractivity contribution in [1.29, 1.82) is 0 Å². The predicted octanol–water partition coefficient (Wildman–Crippen LogP) is 5.15. The number of pyridine rings is 2. The van der Waals surface area contributed by atoms with E-state index in [1.165, 1.54) is 50.0 Å². The monoisotopic (exact) mass is 578 g/mol. The van der Waals surface area contributed by atoms with Gasteiger partial charge in [0.1, 0.15) is 11.5 Å². The van der Waals surface area contributed by atoms with Gasteiger partial charge in [0.25, 0.3) is 0 Å². The van der Waals surface area contributed by atoms with Crippen LogP contribution in [0.2, 0.25) is 0 Å². The highest BCUT2D eigenvalue weighted by Crippen LogP contribution is 2.29. The van der Waals surface area contributed by atoms with Crippen LogP contribution >= 0.6 is 0 Å². The van der Waals surface area contributed by atoms with E-state index in [1.54, 1.807) is 66.9 Å². The summed E-state index contributed by atoms with van der Waals surface area (Å²) < 4.78 is 16.1. The van der Waals surface area contributed by atoms with Crippen molar-refractivity contribution < 1.29 is 38.8 Å². The lowest BCUT2D eigenvalue weighted by molar-refractivity contribution is -0.110. The standard InChI is InChI=1S/C33H26N2O8/c1-41-31-17-23(9-13-30(31)43-33(40)25-5-3-15-35-20-25)7-11-28(38)18-27(37)10-6-22-8-12-29(26(16-22)21-36)42-32(39)24-4-2-14-34-19-24/h2-20,36,38H,21H2,1H3/b10-6+,11-7+,28-18-. The quantitative estimate of drug-likeness (QED) is 0.0805. The third-order valence-corrected chi connectivity index (χ3v) is 5.82. The molecule has 0 aliphatic heterocycles. The summed E-state index contributed by atoms with van der Waals surface area (Å²) in [6.45, 7) is -0.393. The first-order valence-corrected chi connectivity index (χ1v) is 12.8. The minimum atomic E-state index is -0.617. The lowest BCUT2D eigenvalue weighted by atomic mass is 10.1. The molecule has 0 amide bonds. The lowest BCUT2D eigenvalue weighted by Gasteiger charge is -2.10. The van der Waals surface area contributed by atoms with Crippen molar-refractivity contribution in [1.82, 2.24) is 9.97 Å². The molecule has 2 aromatic carbocycles. The van der Waals surface area contributed by atoms with Crippen LogP contribution in [-0.4, -0.2) is 45.0 Å². The molecule has 2 heterocycles. The van der Waals surface area contributed by atoms with Crippen molar-refractivity contribution in [3.8, 4) is 17.2 Å². The number of nitrogens with zero attached hydrogens (tertiary/aromatic N) is 2. The summed E-state index contributed by atoms with van der Waals surface area (Å²) in [4.78, 5) is 44.8. The van der Waals surface area contributed by atoms with E-state index in [4.69, 9.17) is 14.2 Å². The highest BCUT2D eigenvalue weighted by Gasteiger charge is 2.13. The SMILES string of the molecule is COc1cc(/C=C/C(O)=C/C(=O)/C=C/c2ccc(OC(=O)c3cccnc3)c(CO)c2)ccc1OC(=O)c1cccnc1. The summed E-state index contributed by atoms with van der Waals surface area (Å²) in [5.41, 5.74) is 2.08. The van der Waals surface area contributed by atoms with E-state index >= 15 is 0 Å². The second-order valence-corrected chi connectivity index (χ2v) is 8.84. The molecule has 0 fully saturated rings. The summed E-state index contributed by atoms with van der Waals surface area (Å²) in [6, 6.07) is 15.9. The van der Waals surface area contributed by atoms with Gasteiger partial charge >= 0.3 is 11.9 Å². The smallest absolute Gasteiger partial charge is 0.345 e. The van der Waals surface area contributed by atoms with Gasteiger partial charge in [-0.2, -0.15) is 0 Å². The second-order valence-electron chi connectivity index (χ2n) is 8.84. The van der Waals surface area contributed by atoms with Gasteiger partial charge in [0, 0.05) is 36.4 Å². The van der Waals surface area contributed by atoms with Crippen LogP contribution in [0.15, 0.2) is 109 Å². The summed E-state index contributed by atoms with van der Waals surface area (Å²) in [5.74, 6) is -1.31. The first-order valence-electron chi connectivity index (χ1n) is 12.8. The van der Waals surface area contributed by atoms with E-state index in [9.17, 15) is 24.6 Å². The average molecular weight is 579 g/mol. The minimum Gasteiger partial charge on any atom is -0.508 e. The zero-order valence-corrected chi connectivity index (χ0v) is 22.9. The van der Waals surface area contributed by atoms with Crippen LogP contribution in [-0.2, 0) is 11.4 Å². The second kappa shape index (κ2) is 14.7. The molecular formula is C33H26N2O8. The van der Waals surface area contributed by atoms with Gasteiger partial charge < -0.3 is 24.4 Å². The molecule has 0 saturated heterocycles. The Labute approximate surface area is 246 Å². The number of carbonyl (C=O) groups is 3. The summed E-state index contributed by atoms with van der Waals surface area (Å²) in [5, 5.41) is 20.0. The summed E-state index contributed by atoms with van der Waals surface area (Å²) >= 11 is 0. The molecule has 0 saturated carbocycles. The normalized spacial score (nSPS) is 11.4. The number of carbonyl (C=O) groups excluding carboxylic acids is 3. The first-order chi connectivity index (χ1) is 20.9. The molecule has 0 aliphatic carbocycles. The maximum absolute atomic E-state index is 12.4. The highest BCUT2D eigenvalue weighted by atomic mass is 16.6. The number of rotatable bonds is 11. The van der Waals surface area contributed by atoms with E-state index in [0.717, 1.165) is 6.08 Å². The van der Waals surface area contributed by atoms with E-state index in [-0.39, 0.29) is 28.4 Å². The summed E-state index contributed by atoms with van der Waals surface area (Å²) in [7, 11) is 1.43. The number of aliphatic hydroxyl groups is 2. The molecule has 43 heavy (non-hydrogen) atoms. The zero-order valence-electron chi connectivity index (χ0n) is 22.9. The fourth-order valence-corrected chi connectivity index (χ4v) is 3.68. The number of hydrogen-bond donors (Lipinski definition) is 2. The molecular weight excluding hydrogens is 552 g/mol. The van der Waals surface area contributed by atoms with Gasteiger partial charge in [-0.1, -0.05) is 24.3 Å². The van der Waals surface area contributed by atoms with Gasteiger partial charge in [-0.15, -0.1) is 0 Å². The van der Waals surface area contributed by atoms with Gasteiger partial charge in [-0.25, -0.2) is 9.59 Å². The van der Waals surface area contributed by atoms with Gasteiger partial charge in [0.15, 0.2) is 17.3 Å². The topological polar surface area (TPSA) is 145 Å². The molecule has 0 atom stereocenters. The number of esters is 2. The Balaban J connectivity index is 1.37. The molecule has 216 valence electrons. The van der Waals surface area contributed by atoms with Gasteiger partial charge in [0.2, 0.25) is 0 Å². The van der Waals surface area contributed by atoms with Crippen molar-refractivity contribution >= 4 is 29.9 Å². The molecule has 0 unspecified atom stereocenters. The lowest BCUT2D eigenvalue weighted by Crippen LogP contribution is -2.10. The predicted molar refractivity (Wildman–Crippen MR) is 158 cm³/mol. The molecule has 0 radical (unpaired) electrons. The van der Waals surface area contributed by atoms with E-state index in [1.807, 2.05) is 0 Å². The Hall–Kier alpha value is -5.87. The number of methoxy groups -OCH3 is 1. The average Bonchev–Trinajstić information content (AvgIpc) is 3.04. The number of aromatic nitrogens is 2. The fourth-order valence-electron chi connectivity index (χ4n) is 3.68. The van der Waals surface area contributed by atoms with Crippen LogP contribution < -0.4 is 14.2 Å². The van der Waals surface area contributed by atoms with E-state index in [2.05, 4.69) is 9.97 Å². The van der Waals surface area contributed by atoms with Crippen molar-refractivity contribution in [3.63, 3.8) is 0 Å². The number of benzene rings is 2. The Morgan fingerprint density at radius 3 is 1.93 bits per heavy atom. The molecule has 0 spiro atoms. The van der Waals surface area contributed by atoms with Crippen LogP contribution in [0.25, 0.3) is 12.2 Å². The fraction of sp³-hybridized carbons (Fsp3) is 0.0606. The summed E-state index contributed by atoms with van der Waals surface area (Å²) in [6.07, 6.45) is 12.5. The maximum Gasteiger partial charge on any atom is 0.345 e. The molecule has 4 rings (SSSR count). The van der Waals surface area contributed by atoms with Crippen LogP contribution in [0.3, 0.4) is 0 Å². The van der Waals surface area contributed by atoms with Crippen LogP contribution in [0.4, 0.5) is 0 Å². The zero-order chi connectivity index (χ0) is 30.6. The highest BCUT2D eigenvalue weighted by molar-refractivity contribution is 6.02. The Bertz CT molecular complexity index is 1700. The van der Waals surface area contributed by atoms with Crippen molar-refractivity contribution in [2.45, 2.75) is 6.61 Å². The third kappa shape index (κ3) is 8.56. The Morgan fingerprint density at radius 1 is 0.767 bits per heavy atom. The maximum atomic E-state index is 12.4. The number of ether oxygens (including phenoxy) is 3. The van der Waals surface area contributed by atoms with Crippen molar-refractivity contribution in [3.05, 3.63) is 137 Å². The number of aliphatic hydroxyl groups excluding tert-OH is 2. The van der Waals surface area contributed by atoms with Gasteiger partial charge in [-0.3, -0.25) is 14.8 Å². The van der Waals surface area contributed by atoms with E-state index < -0.39 is 24.3 Å². The molecule has 4 aromatic rings. The number of hydrogen-bond acceptors (Lipinski definition) is 10. The molecule has 0 aliphatic rings. The molecule has 10 nitrogen and oxygen atoms in total. The van der Waals surface area contributed by atoms with Gasteiger partial charge in [0.05, 0.1) is 24.8 Å². The molecule has 2 aromatic heterocycles. The van der Waals surface area contributed by atoms with Crippen molar-refractivity contribution in [2.24, 2.45) is 0 Å². The van der Waals surface area contributed by atoms with Crippen molar-refractivity contribution in [2.75, 3.05) is 7.11 Å². The van der Waals surface area contributed by atoms with Crippen LogP contribution in [0, 0.1) is 0 Å². The minimum absolute atomic E-state index is 0.179. The molecule has 10 heteroatoms. The van der Waals surface area contributed by atoms with Gasteiger partial charge in [-0.05, 0) is 71.8 Å². The molecule has 0 bridgehead atoms. The largest absolute Gasteiger partial charge is 0.508 e. The van der Waals surface area contributed by atoms with Crippen LogP contribution in [0.5, 0.6) is 17.2 Å². The van der Waals surface area contributed by atoms with E-state index in [0.29, 0.717) is 22.4 Å². The van der Waals surface area contributed by atoms with Crippen LogP contribution in [0.1, 0.15) is 37.4 Å². The Kier molecular flexibility index (Phi) is 10.3. The molecule has 2 N–H and O–H groups in total. The number of ketones is 1. The number of allylic oxidation sites excluding steroid dienone is 3. The Morgan fingerprint density at radius 2 is 1.35 bits per heavy atom.